The van der Waals surface area contributed by atoms with Crippen LogP contribution in [0.2, 0.25) is 0 Å². The van der Waals surface area contributed by atoms with E-state index in [1.807, 2.05) is 0 Å². The number of hydrogen-bond donors (Lipinski definition) is 1. The second-order valence-corrected chi connectivity index (χ2v) is 4.00. The maximum atomic E-state index is 5.65. The zero-order chi connectivity index (χ0) is 10.6. The van der Waals surface area contributed by atoms with Crippen LogP contribution in [0.15, 0.2) is 0 Å². The molecule has 4 nitrogen and oxygen atoms in total. The molecule has 0 rings (SSSR count). The summed E-state index contributed by atoms with van der Waals surface area (Å²) in [5, 5.41) is 0. The predicted molar refractivity (Wildman–Crippen MR) is 57.5 cm³/mol. The van der Waals surface area contributed by atoms with Crippen molar-refractivity contribution in [3.63, 3.8) is 0 Å². The van der Waals surface area contributed by atoms with Crippen molar-refractivity contribution in [2.24, 2.45) is 5.73 Å². The topological polar surface area (TPSA) is 35.7 Å². The van der Waals surface area contributed by atoms with Crippen LogP contribution in [-0.4, -0.2) is 69.3 Å². The molecule has 0 aliphatic rings. The van der Waals surface area contributed by atoms with E-state index in [9.17, 15) is 0 Å². The average molecular weight is 188 g/mol. The summed E-state index contributed by atoms with van der Waals surface area (Å²) in [4.78, 5) is 6.58. The summed E-state index contributed by atoms with van der Waals surface area (Å²) in [6, 6.07) is 0. The molecule has 0 aliphatic carbocycles. The summed E-state index contributed by atoms with van der Waals surface area (Å²) in [5.41, 5.74) is 5.65. The molecule has 0 amide bonds. The third-order valence-corrected chi connectivity index (χ3v) is 2.63. The van der Waals surface area contributed by atoms with Crippen molar-refractivity contribution in [3.05, 3.63) is 0 Å². The quantitative estimate of drug-likeness (QED) is 0.600. The Bertz CT molecular complexity index is 121. The highest BCUT2D eigenvalue weighted by atomic mass is 15.5. The third-order valence-electron chi connectivity index (χ3n) is 2.63. The number of nitrogens with two attached hydrogens (primary N) is 1. The molecule has 0 heterocycles. The largest absolute Gasteiger partial charge is 0.330 e. The van der Waals surface area contributed by atoms with Crippen LogP contribution in [0.5, 0.6) is 0 Å². The first-order chi connectivity index (χ1) is 5.89. The SMILES string of the molecule is CN(C)C(CCN)(N(C)C)N(C)C. The van der Waals surface area contributed by atoms with Crippen LogP contribution in [-0.2, 0) is 0 Å². The Balaban J connectivity index is 4.82. The molecular formula is C9H24N4. The maximum absolute atomic E-state index is 5.65. The van der Waals surface area contributed by atoms with Crippen molar-refractivity contribution in [1.29, 1.82) is 0 Å². The first-order valence-corrected chi connectivity index (χ1v) is 4.62. The fraction of sp³-hybridized carbons (Fsp3) is 1.00. The highest BCUT2D eigenvalue weighted by Gasteiger charge is 2.36. The van der Waals surface area contributed by atoms with Gasteiger partial charge < -0.3 is 5.73 Å². The maximum Gasteiger partial charge on any atom is 0.130 e. The minimum atomic E-state index is -0.0747. The van der Waals surface area contributed by atoms with Gasteiger partial charge in [-0.25, -0.2) is 0 Å². The first kappa shape index (κ1) is 12.8. The highest BCUT2D eigenvalue weighted by molar-refractivity contribution is 4.82. The summed E-state index contributed by atoms with van der Waals surface area (Å²) in [5.74, 6) is -0.0747. The molecular weight excluding hydrogens is 164 g/mol. The van der Waals surface area contributed by atoms with Gasteiger partial charge in [-0.3, -0.25) is 14.7 Å². The number of rotatable bonds is 5. The van der Waals surface area contributed by atoms with E-state index >= 15 is 0 Å². The van der Waals surface area contributed by atoms with Gasteiger partial charge in [0.2, 0.25) is 0 Å². The molecule has 80 valence electrons. The molecule has 0 saturated carbocycles. The minimum absolute atomic E-state index is 0.0747. The molecule has 0 unspecified atom stereocenters. The summed E-state index contributed by atoms with van der Waals surface area (Å²) < 4.78 is 0. The second kappa shape index (κ2) is 4.91. The van der Waals surface area contributed by atoms with Crippen LogP contribution >= 0.6 is 0 Å². The first-order valence-electron chi connectivity index (χ1n) is 4.62. The van der Waals surface area contributed by atoms with Gasteiger partial charge in [0.1, 0.15) is 5.79 Å². The highest BCUT2D eigenvalue weighted by Crippen LogP contribution is 2.21. The summed E-state index contributed by atoms with van der Waals surface area (Å²) in [6.45, 7) is 0.689. The second-order valence-electron chi connectivity index (χ2n) is 4.00. The average Bonchev–Trinajstić information content (AvgIpc) is 1.97. The fourth-order valence-corrected chi connectivity index (χ4v) is 2.06. The smallest absolute Gasteiger partial charge is 0.130 e. The van der Waals surface area contributed by atoms with Crippen LogP contribution < -0.4 is 5.73 Å². The summed E-state index contributed by atoms with van der Waals surface area (Å²) >= 11 is 0. The van der Waals surface area contributed by atoms with Crippen molar-refractivity contribution in [1.82, 2.24) is 14.7 Å². The van der Waals surface area contributed by atoms with E-state index in [2.05, 4.69) is 57.0 Å². The Morgan fingerprint density at radius 2 is 1.15 bits per heavy atom. The molecule has 4 heteroatoms. The van der Waals surface area contributed by atoms with E-state index in [1.54, 1.807) is 0 Å². The standard InChI is InChI=1S/C9H24N4/c1-11(2)9(7-8-10,12(3)4)13(5)6/h7-8,10H2,1-6H3. The molecule has 0 radical (unpaired) electrons. The molecule has 0 spiro atoms. The molecule has 0 aromatic carbocycles. The molecule has 0 aromatic heterocycles. The molecule has 0 atom stereocenters. The molecule has 0 saturated heterocycles. The van der Waals surface area contributed by atoms with Crippen LogP contribution in [0, 0.1) is 0 Å². The van der Waals surface area contributed by atoms with Gasteiger partial charge >= 0.3 is 0 Å². The van der Waals surface area contributed by atoms with E-state index in [0.29, 0.717) is 6.54 Å². The van der Waals surface area contributed by atoms with Crippen LogP contribution in [0.1, 0.15) is 6.42 Å². The van der Waals surface area contributed by atoms with Gasteiger partial charge in [0.25, 0.3) is 0 Å². The Kier molecular flexibility index (Phi) is 4.85. The number of nitrogens with zero attached hydrogens (tertiary/aromatic N) is 3. The molecule has 0 fully saturated rings. The van der Waals surface area contributed by atoms with Gasteiger partial charge in [-0.1, -0.05) is 0 Å². The van der Waals surface area contributed by atoms with Crippen molar-refractivity contribution in [3.8, 4) is 0 Å². The van der Waals surface area contributed by atoms with Gasteiger partial charge in [-0.2, -0.15) is 0 Å². The zero-order valence-corrected chi connectivity index (χ0v) is 9.83. The Morgan fingerprint density at radius 3 is 1.23 bits per heavy atom. The van der Waals surface area contributed by atoms with E-state index in [1.165, 1.54) is 0 Å². The Labute approximate surface area is 82.3 Å². The van der Waals surface area contributed by atoms with Crippen molar-refractivity contribution < 1.29 is 0 Å². The fourth-order valence-electron chi connectivity index (χ4n) is 2.06. The van der Waals surface area contributed by atoms with Crippen molar-refractivity contribution >= 4 is 0 Å². The van der Waals surface area contributed by atoms with E-state index in [-0.39, 0.29) is 5.79 Å². The Hall–Kier alpha value is -0.160. The van der Waals surface area contributed by atoms with Crippen LogP contribution in [0.25, 0.3) is 0 Å². The molecule has 0 aliphatic heterocycles. The van der Waals surface area contributed by atoms with E-state index in [4.69, 9.17) is 5.73 Å². The summed E-state index contributed by atoms with van der Waals surface area (Å²) in [6.07, 6.45) is 0.931. The minimum Gasteiger partial charge on any atom is -0.330 e. The van der Waals surface area contributed by atoms with Crippen LogP contribution in [0.4, 0.5) is 0 Å². The van der Waals surface area contributed by atoms with Gasteiger partial charge in [0.15, 0.2) is 0 Å². The predicted octanol–water partition coefficient (Wildman–Crippen LogP) is -0.326. The van der Waals surface area contributed by atoms with Gasteiger partial charge in [-0.15, -0.1) is 0 Å². The van der Waals surface area contributed by atoms with Gasteiger partial charge in [0, 0.05) is 6.42 Å². The van der Waals surface area contributed by atoms with Crippen molar-refractivity contribution in [2.75, 3.05) is 48.8 Å². The lowest BCUT2D eigenvalue weighted by Gasteiger charge is -2.49. The summed E-state index contributed by atoms with van der Waals surface area (Å²) in [7, 11) is 12.5. The molecule has 2 N–H and O–H groups in total. The van der Waals surface area contributed by atoms with Crippen LogP contribution in [0.3, 0.4) is 0 Å². The lowest BCUT2D eigenvalue weighted by Crippen LogP contribution is -2.64. The molecule has 13 heavy (non-hydrogen) atoms. The zero-order valence-electron chi connectivity index (χ0n) is 9.83. The van der Waals surface area contributed by atoms with Gasteiger partial charge in [0.05, 0.1) is 0 Å². The van der Waals surface area contributed by atoms with E-state index < -0.39 is 0 Å². The number of hydrogen-bond acceptors (Lipinski definition) is 4. The monoisotopic (exact) mass is 188 g/mol. The van der Waals surface area contributed by atoms with E-state index in [0.717, 1.165) is 6.42 Å². The van der Waals surface area contributed by atoms with Gasteiger partial charge in [-0.05, 0) is 48.8 Å². The Morgan fingerprint density at radius 1 is 0.846 bits per heavy atom. The normalized spacial score (nSPS) is 13.4. The molecule has 0 aromatic rings. The lowest BCUT2D eigenvalue weighted by molar-refractivity contribution is -0.112. The lowest BCUT2D eigenvalue weighted by atomic mass is 10.1. The third kappa shape index (κ3) is 2.40. The molecule has 0 bridgehead atoms. The van der Waals surface area contributed by atoms with Crippen molar-refractivity contribution in [2.45, 2.75) is 12.2 Å².